The number of halogens is 3. The van der Waals surface area contributed by atoms with Crippen molar-refractivity contribution in [3.8, 4) is 0 Å². The zero-order valence-corrected chi connectivity index (χ0v) is 16.7. The highest BCUT2D eigenvalue weighted by molar-refractivity contribution is 7.13. The zero-order valence-electron chi connectivity index (χ0n) is 15.9. The fourth-order valence-corrected chi connectivity index (χ4v) is 3.53. The van der Waals surface area contributed by atoms with Gasteiger partial charge in [0, 0.05) is 37.0 Å². The summed E-state index contributed by atoms with van der Waals surface area (Å²) in [6.45, 7) is 7.94. The topological polar surface area (TPSA) is 61.4 Å². The van der Waals surface area contributed by atoms with Crippen LogP contribution in [0.15, 0.2) is 23.7 Å². The Balaban J connectivity index is 1.58. The Morgan fingerprint density at radius 3 is 2.25 bits per heavy atom. The van der Waals surface area contributed by atoms with Crippen LogP contribution in [0.1, 0.15) is 26.5 Å². The van der Waals surface area contributed by atoms with Crippen molar-refractivity contribution in [3.05, 3.63) is 29.4 Å². The number of carbonyl (C=O) groups excluding carboxylic acids is 1. The lowest BCUT2D eigenvalue weighted by Crippen LogP contribution is -2.46. The summed E-state index contributed by atoms with van der Waals surface area (Å²) in [4.78, 5) is 24.0. The quantitative estimate of drug-likeness (QED) is 0.828. The van der Waals surface area contributed by atoms with Crippen LogP contribution < -0.4 is 15.1 Å². The van der Waals surface area contributed by atoms with Crippen molar-refractivity contribution < 1.29 is 18.0 Å². The van der Waals surface area contributed by atoms with E-state index in [-0.39, 0.29) is 5.91 Å². The molecule has 1 fully saturated rings. The average molecular weight is 413 g/mol. The molecule has 0 radical (unpaired) electrons. The summed E-state index contributed by atoms with van der Waals surface area (Å²) in [5.41, 5.74) is -0.436. The third-order valence-electron chi connectivity index (χ3n) is 4.37. The number of aromatic nitrogens is 2. The van der Waals surface area contributed by atoms with Crippen LogP contribution in [0.2, 0.25) is 0 Å². The molecule has 2 aromatic heterocycles. The van der Waals surface area contributed by atoms with Gasteiger partial charge in [0.2, 0.25) is 5.91 Å². The minimum Gasteiger partial charge on any atom is -0.367 e. The molecule has 1 N–H and O–H groups in total. The van der Waals surface area contributed by atoms with E-state index in [0.717, 1.165) is 22.4 Å². The average Bonchev–Trinajstić information content (AvgIpc) is 3.12. The van der Waals surface area contributed by atoms with E-state index in [2.05, 4.69) is 20.2 Å². The summed E-state index contributed by atoms with van der Waals surface area (Å²) < 4.78 is 38.1. The molecule has 3 rings (SSSR count). The summed E-state index contributed by atoms with van der Waals surface area (Å²) in [7, 11) is 0. The molecule has 1 amide bonds. The van der Waals surface area contributed by atoms with Crippen LogP contribution in [0.4, 0.5) is 29.8 Å². The van der Waals surface area contributed by atoms with Gasteiger partial charge in [-0.1, -0.05) is 20.8 Å². The van der Waals surface area contributed by atoms with Crippen LogP contribution in [-0.2, 0) is 11.0 Å². The fraction of sp³-hybridized carbons (Fsp3) is 0.500. The summed E-state index contributed by atoms with van der Waals surface area (Å²) in [6, 6.07) is 3.63. The van der Waals surface area contributed by atoms with Gasteiger partial charge in [0.05, 0.1) is 11.9 Å². The molecule has 10 heteroatoms. The number of piperazine rings is 1. The number of amides is 1. The first-order valence-electron chi connectivity index (χ1n) is 8.84. The van der Waals surface area contributed by atoms with Gasteiger partial charge >= 0.3 is 6.18 Å². The maximum absolute atomic E-state index is 12.7. The maximum atomic E-state index is 12.7. The van der Waals surface area contributed by atoms with E-state index >= 15 is 0 Å². The Labute approximate surface area is 165 Å². The molecule has 3 heterocycles. The molecular weight excluding hydrogens is 391 g/mol. The smallest absolute Gasteiger partial charge is 0.367 e. The summed E-state index contributed by atoms with van der Waals surface area (Å²) in [6.07, 6.45) is -2.72. The van der Waals surface area contributed by atoms with E-state index in [1.165, 1.54) is 0 Å². The Kier molecular flexibility index (Phi) is 5.51. The van der Waals surface area contributed by atoms with Crippen molar-refractivity contribution in [1.82, 2.24) is 9.97 Å². The van der Waals surface area contributed by atoms with Gasteiger partial charge in [-0.3, -0.25) is 4.79 Å². The molecule has 0 atom stereocenters. The molecule has 0 aliphatic carbocycles. The number of hydrogen-bond donors (Lipinski definition) is 1. The second-order valence-corrected chi connectivity index (χ2v) is 8.43. The number of hydrogen-bond acceptors (Lipinski definition) is 6. The normalized spacial score (nSPS) is 15.6. The highest BCUT2D eigenvalue weighted by Crippen LogP contribution is 2.33. The Morgan fingerprint density at radius 1 is 1.11 bits per heavy atom. The molecule has 1 aliphatic heterocycles. The van der Waals surface area contributed by atoms with Crippen LogP contribution in [-0.4, -0.2) is 42.1 Å². The first kappa shape index (κ1) is 20.4. The summed E-state index contributed by atoms with van der Waals surface area (Å²) >= 11 is 1.01. The highest BCUT2D eigenvalue weighted by atomic mass is 32.1. The predicted octanol–water partition coefficient (Wildman–Crippen LogP) is 3.87. The number of alkyl halides is 3. The molecular formula is C18H22F3N5OS. The molecule has 6 nitrogen and oxygen atoms in total. The minimum absolute atomic E-state index is 0.108. The number of nitrogens with one attached hydrogen (secondary N) is 1. The lowest BCUT2D eigenvalue weighted by atomic mass is 9.96. The molecule has 0 bridgehead atoms. The van der Waals surface area contributed by atoms with E-state index in [1.807, 2.05) is 31.7 Å². The minimum atomic E-state index is -4.41. The summed E-state index contributed by atoms with van der Waals surface area (Å²) in [5.74, 6) is 0.382. The van der Waals surface area contributed by atoms with Gasteiger partial charge in [0.15, 0.2) is 10.8 Å². The van der Waals surface area contributed by atoms with Crippen LogP contribution >= 0.6 is 11.3 Å². The van der Waals surface area contributed by atoms with E-state index in [1.54, 1.807) is 12.3 Å². The van der Waals surface area contributed by atoms with Crippen molar-refractivity contribution >= 4 is 33.9 Å². The largest absolute Gasteiger partial charge is 0.434 e. The first-order valence-corrected chi connectivity index (χ1v) is 9.72. The predicted molar refractivity (Wildman–Crippen MR) is 104 cm³/mol. The second kappa shape index (κ2) is 7.57. The van der Waals surface area contributed by atoms with Crippen molar-refractivity contribution in [1.29, 1.82) is 0 Å². The van der Waals surface area contributed by atoms with Gasteiger partial charge in [-0.2, -0.15) is 13.2 Å². The molecule has 0 aromatic carbocycles. The number of rotatable bonds is 3. The molecule has 28 heavy (non-hydrogen) atoms. The zero-order chi connectivity index (χ0) is 20.5. The first-order chi connectivity index (χ1) is 13.0. The third-order valence-corrected chi connectivity index (χ3v) is 5.27. The van der Waals surface area contributed by atoms with Gasteiger partial charge in [-0.15, -0.1) is 11.3 Å². The van der Waals surface area contributed by atoms with Crippen LogP contribution in [0.3, 0.4) is 0 Å². The number of carbonyl (C=O) groups is 1. The fourth-order valence-electron chi connectivity index (χ4n) is 2.65. The molecule has 1 aliphatic rings. The van der Waals surface area contributed by atoms with Crippen molar-refractivity contribution in [3.63, 3.8) is 0 Å². The van der Waals surface area contributed by atoms with Crippen LogP contribution in [0.25, 0.3) is 0 Å². The SMILES string of the molecule is CC(C)(C)C(=O)Nc1ccc(N2CCN(c3nc(C(F)(F)F)cs3)CC2)cn1. The Hall–Kier alpha value is -2.36. The maximum Gasteiger partial charge on any atom is 0.434 e. The van der Waals surface area contributed by atoms with Crippen molar-refractivity contribution in [2.75, 3.05) is 41.3 Å². The summed E-state index contributed by atoms with van der Waals surface area (Å²) in [5, 5.41) is 4.23. The lowest BCUT2D eigenvalue weighted by molar-refractivity contribution is -0.140. The van der Waals surface area contributed by atoms with Gasteiger partial charge in [0.1, 0.15) is 5.82 Å². The lowest BCUT2D eigenvalue weighted by Gasteiger charge is -2.35. The standard InChI is InChI=1S/C18H22F3N5OS/c1-17(2,3)15(27)24-14-5-4-12(10-22-14)25-6-8-26(9-7-25)16-23-13(11-28-16)18(19,20)21/h4-5,10-11H,6-9H2,1-3H3,(H,22,24,27). The van der Waals surface area contributed by atoms with E-state index in [4.69, 9.17) is 0 Å². The number of pyridine rings is 1. The van der Waals surface area contributed by atoms with Crippen molar-refractivity contribution in [2.45, 2.75) is 26.9 Å². The number of thiazole rings is 1. The molecule has 0 saturated carbocycles. The van der Waals surface area contributed by atoms with Crippen molar-refractivity contribution in [2.24, 2.45) is 5.41 Å². The number of nitrogens with zero attached hydrogens (tertiary/aromatic N) is 4. The number of anilines is 3. The van der Waals surface area contributed by atoms with Gasteiger partial charge in [0.25, 0.3) is 0 Å². The van der Waals surface area contributed by atoms with Gasteiger partial charge in [-0.05, 0) is 12.1 Å². The van der Waals surface area contributed by atoms with Gasteiger partial charge < -0.3 is 15.1 Å². The van der Waals surface area contributed by atoms with E-state index < -0.39 is 17.3 Å². The van der Waals surface area contributed by atoms with E-state index in [9.17, 15) is 18.0 Å². The molecule has 152 valence electrons. The van der Waals surface area contributed by atoms with Gasteiger partial charge in [-0.25, -0.2) is 9.97 Å². The Bertz CT molecular complexity index is 821. The molecule has 0 spiro atoms. The second-order valence-electron chi connectivity index (χ2n) is 7.59. The van der Waals surface area contributed by atoms with Crippen LogP contribution in [0, 0.1) is 5.41 Å². The van der Waals surface area contributed by atoms with Crippen LogP contribution in [0.5, 0.6) is 0 Å². The molecule has 1 saturated heterocycles. The van der Waals surface area contributed by atoms with E-state index in [0.29, 0.717) is 37.1 Å². The molecule has 2 aromatic rings. The monoisotopic (exact) mass is 413 g/mol. The third kappa shape index (κ3) is 4.73. The highest BCUT2D eigenvalue weighted by Gasteiger charge is 2.34. The molecule has 0 unspecified atom stereocenters. The Morgan fingerprint density at radius 2 is 1.75 bits per heavy atom.